The zero-order valence-electron chi connectivity index (χ0n) is 18.7. The second-order valence-electron chi connectivity index (χ2n) is 7.30. The summed E-state index contributed by atoms with van der Waals surface area (Å²) in [7, 11) is 1.54. The first-order valence-corrected chi connectivity index (χ1v) is 12.8. The number of aliphatic carboxylic acids is 1. The number of aromatic nitrogens is 3. The highest BCUT2D eigenvalue weighted by Gasteiger charge is 2.17. The minimum Gasteiger partial charge on any atom is -0.496 e. The maximum Gasteiger partial charge on any atom is 0.342 e. The lowest BCUT2D eigenvalue weighted by molar-refractivity contribution is -0.131. The summed E-state index contributed by atoms with van der Waals surface area (Å²) < 4.78 is 11.9. The van der Waals surface area contributed by atoms with Crippen LogP contribution in [0.2, 0.25) is 10.0 Å². The number of carboxylic acids is 1. The number of ether oxygens (including phenoxy) is 2. The molecule has 184 valence electrons. The van der Waals surface area contributed by atoms with Crippen molar-refractivity contribution in [1.82, 2.24) is 15.2 Å². The number of nitrogens with zero attached hydrogens (tertiary/aromatic N) is 2. The Morgan fingerprint density at radius 2 is 1.92 bits per heavy atom. The van der Waals surface area contributed by atoms with Gasteiger partial charge in [0.25, 0.3) is 0 Å². The third-order valence-corrected chi connectivity index (χ3v) is 6.99. The van der Waals surface area contributed by atoms with E-state index in [1.165, 1.54) is 13.2 Å². The van der Waals surface area contributed by atoms with Crippen LogP contribution in [0.4, 0.5) is 0 Å². The Bertz CT molecular complexity index is 1440. The molecule has 0 amide bonds. The zero-order chi connectivity index (χ0) is 25.7. The first-order valence-electron chi connectivity index (χ1n) is 10.4. The van der Waals surface area contributed by atoms with E-state index in [1.807, 2.05) is 18.2 Å². The Balaban J connectivity index is 1.51. The summed E-state index contributed by atoms with van der Waals surface area (Å²) in [5.74, 6) is 0.458. The van der Waals surface area contributed by atoms with Gasteiger partial charge in [0.15, 0.2) is 5.82 Å². The molecule has 0 saturated heterocycles. The Morgan fingerprint density at radius 1 is 1.14 bits per heavy atom. The van der Waals surface area contributed by atoms with Gasteiger partial charge in [0.2, 0.25) is 5.16 Å². The van der Waals surface area contributed by atoms with Crippen molar-refractivity contribution in [2.75, 3.05) is 7.11 Å². The predicted molar refractivity (Wildman–Crippen MR) is 145 cm³/mol. The average Bonchev–Trinajstić information content (AvgIpc) is 3.32. The monoisotopic (exact) mass is 605 g/mol. The molecular weight excluding hydrogens is 589 g/mol. The zero-order valence-corrected chi connectivity index (χ0v) is 22.6. The normalized spacial score (nSPS) is 11.4. The minimum absolute atomic E-state index is 0.0373. The standard InChI is InChI=1S/C25H18BrCl2N3O4S/c1-34-20-9-7-16(27)12-17(20)23-29-25(31-30-23)36-22(24(32)33)11-14-6-8-21(18(26)10-14)35-13-15-4-2-3-5-19(15)28/h2-12H,13H2,1H3,(H,32,33)(H,29,30,31)/b22-11-. The molecule has 0 radical (unpaired) electrons. The number of nitrogens with one attached hydrogen (secondary N) is 1. The van der Waals surface area contributed by atoms with Gasteiger partial charge in [0.1, 0.15) is 23.0 Å². The van der Waals surface area contributed by atoms with Crippen LogP contribution in [0.25, 0.3) is 17.5 Å². The van der Waals surface area contributed by atoms with E-state index in [0.717, 1.165) is 17.3 Å². The first-order chi connectivity index (χ1) is 17.3. The second-order valence-corrected chi connectivity index (χ2v) is 10.0. The Kier molecular flexibility index (Phi) is 8.58. The topological polar surface area (TPSA) is 97.3 Å². The lowest BCUT2D eigenvalue weighted by Crippen LogP contribution is -1.98. The highest BCUT2D eigenvalue weighted by Crippen LogP contribution is 2.34. The summed E-state index contributed by atoms with van der Waals surface area (Å²) in [6.07, 6.45) is 1.53. The number of hydrogen-bond donors (Lipinski definition) is 2. The van der Waals surface area contributed by atoms with Gasteiger partial charge in [0, 0.05) is 15.6 Å². The van der Waals surface area contributed by atoms with E-state index in [2.05, 4.69) is 31.1 Å². The third-order valence-electron chi connectivity index (χ3n) is 4.89. The van der Waals surface area contributed by atoms with Crippen LogP contribution in [-0.4, -0.2) is 33.4 Å². The van der Waals surface area contributed by atoms with Crippen LogP contribution in [0.15, 0.2) is 75.2 Å². The lowest BCUT2D eigenvalue weighted by atomic mass is 10.2. The maximum absolute atomic E-state index is 11.9. The quantitative estimate of drug-likeness (QED) is 0.152. The van der Waals surface area contributed by atoms with Crippen LogP contribution < -0.4 is 9.47 Å². The van der Waals surface area contributed by atoms with Gasteiger partial charge in [-0.25, -0.2) is 9.78 Å². The molecule has 0 unspecified atom stereocenters. The van der Waals surface area contributed by atoms with Crippen molar-refractivity contribution in [3.05, 3.63) is 91.2 Å². The summed E-state index contributed by atoms with van der Waals surface area (Å²) in [6, 6.07) is 17.8. The SMILES string of the molecule is COc1ccc(Cl)cc1-c1nc(S/C(=C\c2ccc(OCc3ccccc3Cl)c(Br)c2)C(=O)O)n[nH]1. The number of rotatable bonds is 9. The largest absolute Gasteiger partial charge is 0.496 e. The van der Waals surface area contributed by atoms with Crippen molar-refractivity contribution in [3.8, 4) is 22.9 Å². The van der Waals surface area contributed by atoms with Crippen molar-refractivity contribution >= 4 is 62.9 Å². The van der Waals surface area contributed by atoms with Crippen LogP contribution in [0.5, 0.6) is 11.5 Å². The molecule has 2 N–H and O–H groups in total. The maximum atomic E-state index is 11.9. The summed E-state index contributed by atoms with van der Waals surface area (Å²) in [4.78, 5) is 16.4. The number of carbonyl (C=O) groups is 1. The molecule has 0 atom stereocenters. The first kappa shape index (κ1) is 26.1. The number of benzene rings is 3. The number of carboxylic acid groups (broad SMARTS) is 1. The predicted octanol–water partition coefficient (Wildman–Crippen LogP) is 7.35. The highest BCUT2D eigenvalue weighted by atomic mass is 79.9. The molecule has 0 spiro atoms. The van der Waals surface area contributed by atoms with Crippen LogP contribution >= 0.6 is 50.9 Å². The molecule has 4 aromatic rings. The van der Waals surface area contributed by atoms with Crippen LogP contribution in [0.3, 0.4) is 0 Å². The molecule has 0 aliphatic rings. The van der Waals surface area contributed by atoms with E-state index in [0.29, 0.717) is 49.6 Å². The van der Waals surface area contributed by atoms with Crippen molar-refractivity contribution in [2.24, 2.45) is 0 Å². The molecule has 1 aromatic heterocycles. The Hall–Kier alpha value is -2.98. The van der Waals surface area contributed by atoms with E-state index in [-0.39, 0.29) is 10.1 Å². The van der Waals surface area contributed by atoms with Gasteiger partial charge in [-0.3, -0.25) is 5.10 Å². The van der Waals surface area contributed by atoms with Crippen molar-refractivity contribution in [3.63, 3.8) is 0 Å². The fourth-order valence-corrected chi connectivity index (χ4v) is 4.74. The molecule has 3 aromatic carbocycles. The number of aromatic amines is 1. The van der Waals surface area contributed by atoms with E-state index in [9.17, 15) is 9.90 Å². The highest BCUT2D eigenvalue weighted by molar-refractivity contribution is 9.10. The number of methoxy groups -OCH3 is 1. The van der Waals surface area contributed by atoms with Gasteiger partial charge < -0.3 is 14.6 Å². The van der Waals surface area contributed by atoms with Gasteiger partial charge in [-0.15, -0.1) is 5.10 Å². The summed E-state index contributed by atoms with van der Waals surface area (Å²) >= 11 is 16.7. The van der Waals surface area contributed by atoms with Crippen LogP contribution in [0, 0.1) is 0 Å². The molecule has 0 fully saturated rings. The fourth-order valence-electron chi connectivity index (χ4n) is 3.16. The van der Waals surface area contributed by atoms with E-state index < -0.39 is 5.97 Å². The van der Waals surface area contributed by atoms with Crippen LogP contribution in [0.1, 0.15) is 11.1 Å². The molecule has 0 aliphatic heterocycles. The Labute approximate surface area is 229 Å². The molecule has 0 aliphatic carbocycles. The van der Waals surface area contributed by atoms with Crippen molar-refractivity contribution in [1.29, 1.82) is 0 Å². The van der Waals surface area contributed by atoms with Crippen LogP contribution in [-0.2, 0) is 11.4 Å². The molecule has 0 bridgehead atoms. The number of H-pyrrole nitrogens is 1. The molecule has 36 heavy (non-hydrogen) atoms. The molecule has 4 rings (SSSR count). The van der Waals surface area contributed by atoms with E-state index in [1.54, 1.807) is 42.5 Å². The van der Waals surface area contributed by atoms with Gasteiger partial charge in [-0.1, -0.05) is 47.5 Å². The summed E-state index contributed by atoms with van der Waals surface area (Å²) in [6.45, 7) is 0.300. The van der Waals surface area contributed by atoms with Crippen molar-refractivity contribution < 1.29 is 19.4 Å². The van der Waals surface area contributed by atoms with E-state index >= 15 is 0 Å². The number of hydrogen-bond acceptors (Lipinski definition) is 6. The van der Waals surface area contributed by atoms with Crippen molar-refractivity contribution in [2.45, 2.75) is 11.8 Å². The molecular formula is C25H18BrCl2N3O4S. The molecule has 11 heteroatoms. The second kappa shape index (κ2) is 11.8. The van der Waals surface area contributed by atoms with E-state index in [4.69, 9.17) is 32.7 Å². The molecule has 1 heterocycles. The average molecular weight is 607 g/mol. The smallest absolute Gasteiger partial charge is 0.342 e. The summed E-state index contributed by atoms with van der Waals surface area (Å²) in [5, 5.41) is 18.1. The molecule has 7 nitrogen and oxygen atoms in total. The van der Waals surface area contributed by atoms with Gasteiger partial charge in [-0.2, -0.15) is 0 Å². The molecule has 0 saturated carbocycles. The summed E-state index contributed by atoms with van der Waals surface area (Å²) in [5.41, 5.74) is 2.13. The van der Waals surface area contributed by atoms with Gasteiger partial charge in [0.05, 0.1) is 17.1 Å². The minimum atomic E-state index is -1.11. The number of halogens is 3. The van der Waals surface area contributed by atoms with Gasteiger partial charge in [-0.05, 0) is 75.7 Å². The fraction of sp³-hybridized carbons (Fsp3) is 0.0800. The van der Waals surface area contributed by atoms with Gasteiger partial charge >= 0.3 is 5.97 Å². The number of thioether (sulfide) groups is 1. The third kappa shape index (κ3) is 6.41. The Morgan fingerprint density at radius 3 is 2.64 bits per heavy atom. The lowest BCUT2D eigenvalue weighted by Gasteiger charge is -2.10.